The highest BCUT2D eigenvalue weighted by molar-refractivity contribution is 6.01. The quantitative estimate of drug-likeness (QED) is 0.838. The van der Waals surface area contributed by atoms with E-state index in [4.69, 9.17) is 0 Å². The predicted molar refractivity (Wildman–Crippen MR) is 70.5 cm³/mol. The van der Waals surface area contributed by atoms with Crippen LogP contribution in [0.4, 0.5) is 14.5 Å². The number of anilines is 1. The van der Waals surface area contributed by atoms with E-state index < -0.39 is 0 Å². The summed E-state index contributed by atoms with van der Waals surface area (Å²) in [6, 6.07) is 11.3. The molecule has 0 saturated heterocycles. The maximum atomic E-state index is 12.9. The number of amides is 1. The van der Waals surface area contributed by atoms with E-state index in [0.717, 1.165) is 0 Å². The van der Waals surface area contributed by atoms with Crippen molar-refractivity contribution in [1.82, 2.24) is 0 Å². The predicted octanol–water partition coefficient (Wildman–Crippen LogP) is 3.62. The smallest absolute Gasteiger partial charge is 0.248 e. The molecule has 2 aromatic rings. The molecule has 0 saturated carbocycles. The third-order valence-electron chi connectivity index (χ3n) is 2.39. The first kappa shape index (κ1) is 13.0. The molecule has 0 unspecified atom stereocenters. The van der Waals surface area contributed by atoms with Crippen molar-refractivity contribution >= 4 is 17.7 Å². The van der Waals surface area contributed by atoms with Gasteiger partial charge in [-0.05, 0) is 48.0 Å². The SMILES string of the molecule is O=C(/C=C/c1cccc(F)c1)Nc1ccc(F)cc1. The molecule has 96 valence electrons. The lowest BCUT2D eigenvalue weighted by Crippen LogP contribution is -2.07. The molecule has 0 heterocycles. The van der Waals surface area contributed by atoms with Gasteiger partial charge in [-0.1, -0.05) is 12.1 Å². The number of rotatable bonds is 3. The van der Waals surface area contributed by atoms with Crippen LogP contribution < -0.4 is 5.32 Å². The minimum atomic E-state index is -0.367. The third kappa shape index (κ3) is 4.03. The summed E-state index contributed by atoms with van der Waals surface area (Å²) in [5.74, 6) is -1.09. The Kier molecular flexibility index (Phi) is 4.03. The second-order valence-electron chi connectivity index (χ2n) is 3.88. The molecule has 0 aliphatic heterocycles. The van der Waals surface area contributed by atoms with Crippen molar-refractivity contribution in [2.24, 2.45) is 0 Å². The van der Waals surface area contributed by atoms with Crippen LogP contribution in [0.5, 0.6) is 0 Å². The molecule has 0 aliphatic carbocycles. The molecule has 4 heteroatoms. The lowest BCUT2D eigenvalue weighted by molar-refractivity contribution is -0.111. The summed E-state index contributed by atoms with van der Waals surface area (Å²) in [6.45, 7) is 0. The van der Waals surface area contributed by atoms with Crippen LogP contribution in [0.1, 0.15) is 5.56 Å². The first-order chi connectivity index (χ1) is 9.13. The fraction of sp³-hybridized carbons (Fsp3) is 0. The summed E-state index contributed by atoms with van der Waals surface area (Å²) < 4.78 is 25.6. The number of carbonyl (C=O) groups is 1. The molecule has 0 radical (unpaired) electrons. The Morgan fingerprint density at radius 1 is 1.00 bits per heavy atom. The summed E-state index contributed by atoms with van der Waals surface area (Å²) in [5.41, 5.74) is 1.09. The number of carbonyl (C=O) groups excluding carboxylic acids is 1. The van der Waals surface area contributed by atoms with Gasteiger partial charge in [-0.3, -0.25) is 4.79 Å². The molecule has 0 atom stereocenters. The first-order valence-electron chi connectivity index (χ1n) is 5.64. The Morgan fingerprint density at radius 2 is 1.74 bits per heavy atom. The average Bonchev–Trinajstić information content (AvgIpc) is 2.39. The summed E-state index contributed by atoms with van der Waals surface area (Å²) in [5, 5.41) is 2.57. The van der Waals surface area contributed by atoms with Gasteiger partial charge in [0.15, 0.2) is 0 Å². The minimum Gasteiger partial charge on any atom is -0.323 e. The molecule has 19 heavy (non-hydrogen) atoms. The third-order valence-corrected chi connectivity index (χ3v) is 2.39. The second kappa shape index (κ2) is 5.91. The lowest BCUT2D eigenvalue weighted by atomic mass is 10.2. The number of benzene rings is 2. The van der Waals surface area contributed by atoms with Gasteiger partial charge >= 0.3 is 0 Å². The molecule has 2 aromatic carbocycles. The van der Waals surface area contributed by atoms with Crippen molar-refractivity contribution in [2.75, 3.05) is 5.32 Å². The van der Waals surface area contributed by atoms with Crippen molar-refractivity contribution < 1.29 is 13.6 Å². The maximum Gasteiger partial charge on any atom is 0.248 e. The van der Waals surface area contributed by atoms with Gasteiger partial charge in [0, 0.05) is 11.8 Å². The van der Waals surface area contributed by atoms with Crippen LogP contribution >= 0.6 is 0 Å². The molecule has 0 aromatic heterocycles. The van der Waals surface area contributed by atoms with E-state index in [9.17, 15) is 13.6 Å². The molecule has 0 aliphatic rings. The van der Waals surface area contributed by atoms with Gasteiger partial charge in [0.2, 0.25) is 5.91 Å². The summed E-state index contributed by atoms with van der Waals surface area (Å²) in [7, 11) is 0. The molecule has 1 amide bonds. The van der Waals surface area contributed by atoms with E-state index in [1.165, 1.54) is 48.6 Å². The average molecular weight is 259 g/mol. The van der Waals surface area contributed by atoms with Crippen molar-refractivity contribution in [2.45, 2.75) is 0 Å². The standard InChI is InChI=1S/C15H11F2NO/c16-12-5-7-14(8-6-12)18-15(19)9-4-11-2-1-3-13(17)10-11/h1-10H,(H,18,19)/b9-4+. The molecule has 0 fully saturated rings. The van der Waals surface area contributed by atoms with E-state index in [1.54, 1.807) is 12.1 Å². The van der Waals surface area contributed by atoms with Crippen LogP contribution in [-0.2, 0) is 4.79 Å². The highest BCUT2D eigenvalue weighted by Gasteiger charge is 1.98. The van der Waals surface area contributed by atoms with Gasteiger partial charge in [-0.25, -0.2) is 8.78 Å². The van der Waals surface area contributed by atoms with Crippen molar-refractivity contribution in [1.29, 1.82) is 0 Å². The van der Waals surface area contributed by atoms with Crippen molar-refractivity contribution in [3.63, 3.8) is 0 Å². The normalized spacial score (nSPS) is 10.6. The molecule has 0 bridgehead atoms. The molecular weight excluding hydrogens is 248 g/mol. The summed E-state index contributed by atoms with van der Waals surface area (Å²) >= 11 is 0. The summed E-state index contributed by atoms with van der Waals surface area (Å²) in [6.07, 6.45) is 2.79. The highest BCUT2D eigenvalue weighted by Crippen LogP contribution is 2.09. The van der Waals surface area contributed by atoms with Crippen LogP contribution in [0.3, 0.4) is 0 Å². The van der Waals surface area contributed by atoms with Crippen LogP contribution in [-0.4, -0.2) is 5.91 Å². The Labute approximate surface area is 109 Å². The lowest BCUT2D eigenvalue weighted by Gasteiger charge is -2.01. The van der Waals surface area contributed by atoms with Crippen LogP contribution in [0.25, 0.3) is 6.08 Å². The van der Waals surface area contributed by atoms with Crippen LogP contribution in [0, 0.1) is 11.6 Å². The Balaban J connectivity index is 1.99. The minimum absolute atomic E-state index is 0.360. The summed E-state index contributed by atoms with van der Waals surface area (Å²) in [4.78, 5) is 11.6. The van der Waals surface area contributed by atoms with Crippen molar-refractivity contribution in [3.8, 4) is 0 Å². The number of hydrogen-bond donors (Lipinski definition) is 1. The van der Waals surface area contributed by atoms with Gasteiger partial charge in [0.05, 0.1) is 0 Å². The Bertz CT molecular complexity index is 606. The van der Waals surface area contributed by atoms with Gasteiger partial charge in [-0.15, -0.1) is 0 Å². The van der Waals surface area contributed by atoms with E-state index in [0.29, 0.717) is 11.3 Å². The van der Waals surface area contributed by atoms with E-state index >= 15 is 0 Å². The first-order valence-corrected chi connectivity index (χ1v) is 5.64. The fourth-order valence-electron chi connectivity index (χ4n) is 1.50. The highest BCUT2D eigenvalue weighted by atomic mass is 19.1. The topological polar surface area (TPSA) is 29.1 Å². The van der Waals surface area contributed by atoms with E-state index in [-0.39, 0.29) is 17.5 Å². The molecule has 2 nitrogen and oxygen atoms in total. The number of hydrogen-bond acceptors (Lipinski definition) is 1. The van der Waals surface area contributed by atoms with E-state index in [1.807, 2.05) is 0 Å². The number of halogens is 2. The molecule has 0 spiro atoms. The van der Waals surface area contributed by atoms with Crippen LogP contribution in [0.15, 0.2) is 54.6 Å². The zero-order valence-corrected chi connectivity index (χ0v) is 9.94. The fourth-order valence-corrected chi connectivity index (χ4v) is 1.50. The largest absolute Gasteiger partial charge is 0.323 e. The van der Waals surface area contributed by atoms with E-state index in [2.05, 4.69) is 5.32 Å². The van der Waals surface area contributed by atoms with Crippen molar-refractivity contribution in [3.05, 3.63) is 71.8 Å². The van der Waals surface area contributed by atoms with Crippen LogP contribution in [0.2, 0.25) is 0 Å². The molecule has 2 rings (SSSR count). The van der Waals surface area contributed by atoms with Gasteiger partial charge < -0.3 is 5.32 Å². The maximum absolute atomic E-state index is 12.9. The Morgan fingerprint density at radius 3 is 2.42 bits per heavy atom. The monoisotopic (exact) mass is 259 g/mol. The van der Waals surface area contributed by atoms with Gasteiger partial charge in [0.25, 0.3) is 0 Å². The van der Waals surface area contributed by atoms with Gasteiger partial charge in [0.1, 0.15) is 11.6 Å². The zero-order chi connectivity index (χ0) is 13.7. The van der Waals surface area contributed by atoms with Gasteiger partial charge in [-0.2, -0.15) is 0 Å². The molecular formula is C15H11F2NO. The number of nitrogens with one attached hydrogen (secondary N) is 1. The molecule has 1 N–H and O–H groups in total. The zero-order valence-electron chi connectivity index (χ0n) is 9.94. The Hall–Kier alpha value is -2.49. The second-order valence-corrected chi connectivity index (χ2v) is 3.88.